The molecule has 1 heterocycles. The third-order valence-electron chi connectivity index (χ3n) is 4.03. The first-order valence-corrected chi connectivity index (χ1v) is 8.09. The van der Waals surface area contributed by atoms with Gasteiger partial charge in [0.2, 0.25) is 0 Å². The standard InChI is InChI=1S/C15H25NOS/c1-3-12-6-4-5-7-14(12)17-15(11(2)16)13-8-9-18-10-13/h8-12,14-15H,3-7,16H2,1-2H3. The maximum absolute atomic E-state index is 6.38. The highest BCUT2D eigenvalue weighted by atomic mass is 32.1. The van der Waals surface area contributed by atoms with Crippen LogP contribution in [0.3, 0.4) is 0 Å². The van der Waals surface area contributed by atoms with E-state index in [-0.39, 0.29) is 12.1 Å². The number of rotatable bonds is 5. The van der Waals surface area contributed by atoms with Crippen LogP contribution in [-0.2, 0) is 4.74 Å². The zero-order valence-corrected chi connectivity index (χ0v) is 12.3. The molecule has 4 unspecified atom stereocenters. The summed E-state index contributed by atoms with van der Waals surface area (Å²) in [6.45, 7) is 4.32. The zero-order valence-electron chi connectivity index (χ0n) is 11.5. The van der Waals surface area contributed by atoms with Crippen LogP contribution in [0, 0.1) is 5.92 Å². The Morgan fingerprint density at radius 1 is 1.44 bits per heavy atom. The second-order valence-corrected chi connectivity index (χ2v) is 6.24. The van der Waals surface area contributed by atoms with E-state index < -0.39 is 0 Å². The molecule has 0 spiro atoms. The van der Waals surface area contributed by atoms with Crippen LogP contribution in [0.5, 0.6) is 0 Å². The quantitative estimate of drug-likeness (QED) is 0.871. The lowest BCUT2D eigenvalue weighted by Gasteiger charge is -2.35. The van der Waals surface area contributed by atoms with E-state index >= 15 is 0 Å². The van der Waals surface area contributed by atoms with Crippen LogP contribution < -0.4 is 5.73 Å². The van der Waals surface area contributed by atoms with Crippen LogP contribution in [0.25, 0.3) is 0 Å². The van der Waals surface area contributed by atoms with E-state index in [2.05, 4.69) is 23.8 Å². The van der Waals surface area contributed by atoms with Crippen molar-refractivity contribution >= 4 is 11.3 Å². The van der Waals surface area contributed by atoms with E-state index in [0.29, 0.717) is 6.10 Å². The minimum atomic E-state index is 0.0547. The molecule has 1 saturated carbocycles. The predicted molar refractivity (Wildman–Crippen MR) is 77.8 cm³/mol. The molecule has 102 valence electrons. The highest BCUT2D eigenvalue weighted by Crippen LogP contribution is 2.34. The van der Waals surface area contributed by atoms with Gasteiger partial charge < -0.3 is 10.5 Å². The summed E-state index contributed by atoms with van der Waals surface area (Å²) < 4.78 is 6.38. The van der Waals surface area contributed by atoms with Crippen molar-refractivity contribution in [3.63, 3.8) is 0 Å². The second kappa shape index (κ2) is 6.69. The van der Waals surface area contributed by atoms with E-state index in [1.54, 1.807) is 11.3 Å². The van der Waals surface area contributed by atoms with Gasteiger partial charge in [-0.2, -0.15) is 11.3 Å². The zero-order chi connectivity index (χ0) is 13.0. The second-order valence-electron chi connectivity index (χ2n) is 5.46. The molecule has 0 bridgehead atoms. The highest BCUT2D eigenvalue weighted by molar-refractivity contribution is 7.07. The van der Waals surface area contributed by atoms with Gasteiger partial charge in [-0.05, 0) is 48.1 Å². The lowest BCUT2D eigenvalue weighted by atomic mass is 9.84. The monoisotopic (exact) mass is 267 g/mol. The van der Waals surface area contributed by atoms with Crippen molar-refractivity contribution in [2.24, 2.45) is 11.7 Å². The summed E-state index contributed by atoms with van der Waals surface area (Å²) in [6.07, 6.45) is 6.87. The van der Waals surface area contributed by atoms with E-state index in [1.807, 2.05) is 6.92 Å². The van der Waals surface area contributed by atoms with Crippen molar-refractivity contribution < 1.29 is 4.74 Å². The molecule has 1 aromatic heterocycles. The third kappa shape index (κ3) is 3.34. The van der Waals surface area contributed by atoms with Gasteiger partial charge in [-0.3, -0.25) is 0 Å². The van der Waals surface area contributed by atoms with E-state index in [9.17, 15) is 0 Å². The fraction of sp³-hybridized carbons (Fsp3) is 0.733. The number of ether oxygens (including phenoxy) is 1. The molecule has 0 saturated heterocycles. The summed E-state index contributed by atoms with van der Waals surface area (Å²) in [6, 6.07) is 2.20. The molecule has 2 nitrogen and oxygen atoms in total. The van der Waals surface area contributed by atoms with Gasteiger partial charge in [-0.15, -0.1) is 0 Å². The van der Waals surface area contributed by atoms with Gasteiger partial charge in [-0.1, -0.05) is 26.2 Å². The average Bonchev–Trinajstić information content (AvgIpc) is 2.89. The first-order chi connectivity index (χ1) is 8.72. The lowest BCUT2D eigenvalue weighted by molar-refractivity contribution is -0.0699. The van der Waals surface area contributed by atoms with Gasteiger partial charge in [0.05, 0.1) is 12.2 Å². The lowest BCUT2D eigenvalue weighted by Crippen LogP contribution is -2.34. The molecule has 1 aliphatic rings. The maximum Gasteiger partial charge on any atom is 0.0984 e. The normalized spacial score (nSPS) is 27.9. The van der Waals surface area contributed by atoms with Gasteiger partial charge in [0.15, 0.2) is 0 Å². The summed E-state index contributed by atoms with van der Waals surface area (Å²) in [7, 11) is 0. The van der Waals surface area contributed by atoms with Crippen LogP contribution >= 0.6 is 11.3 Å². The highest BCUT2D eigenvalue weighted by Gasteiger charge is 2.29. The first-order valence-electron chi connectivity index (χ1n) is 7.15. The Kier molecular flexibility index (Phi) is 5.22. The first kappa shape index (κ1) is 14.0. The fourth-order valence-corrected chi connectivity index (χ4v) is 3.64. The Balaban J connectivity index is 2.04. The topological polar surface area (TPSA) is 35.2 Å². The molecule has 1 aromatic rings. The molecular formula is C15H25NOS. The van der Waals surface area contributed by atoms with Crippen molar-refractivity contribution in [3.05, 3.63) is 22.4 Å². The minimum Gasteiger partial charge on any atom is -0.368 e. The molecule has 1 fully saturated rings. The molecule has 1 aliphatic carbocycles. The van der Waals surface area contributed by atoms with Crippen LogP contribution in [-0.4, -0.2) is 12.1 Å². The van der Waals surface area contributed by atoms with Gasteiger partial charge >= 0.3 is 0 Å². The third-order valence-corrected chi connectivity index (χ3v) is 4.74. The minimum absolute atomic E-state index is 0.0547. The van der Waals surface area contributed by atoms with E-state index in [1.165, 1.54) is 37.7 Å². The smallest absolute Gasteiger partial charge is 0.0984 e. The Morgan fingerprint density at radius 2 is 2.22 bits per heavy atom. The van der Waals surface area contributed by atoms with E-state index in [0.717, 1.165) is 5.92 Å². The van der Waals surface area contributed by atoms with Gasteiger partial charge in [0.1, 0.15) is 0 Å². The van der Waals surface area contributed by atoms with Crippen molar-refractivity contribution in [3.8, 4) is 0 Å². The summed E-state index contributed by atoms with van der Waals surface area (Å²) in [5.74, 6) is 0.721. The van der Waals surface area contributed by atoms with Crippen molar-refractivity contribution in [2.45, 2.75) is 64.2 Å². The molecule has 2 N–H and O–H groups in total. The summed E-state index contributed by atoms with van der Waals surface area (Å²) in [4.78, 5) is 0. The Bertz CT molecular complexity index is 336. The maximum atomic E-state index is 6.38. The van der Waals surface area contributed by atoms with Crippen molar-refractivity contribution in [1.82, 2.24) is 0 Å². The van der Waals surface area contributed by atoms with Crippen molar-refractivity contribution in [1.29, 1.82) is 0 Å². The SMILES string of the molecule is CCC1CCCCC1OC(c1ccsc1)C(C)N. The van der Waals surface area contributed by atoms with Gasteiger partial charge in [0, 0.05) is 6.04 Å². The number of thiophene rings is 1. The Hall–Kier alpha value is -0.380. The van der Waals surface area contributed by atoms with Gasteiger partial charge in [0.25, 0.3) is 0 Å². The Morgan fingerprint density at radius 3 is 2.83 bits per heavy atom. The molecule has 0 radical (unpaired) electrons. The molecule has 18 heavy (non-hydrogen) atoms. The largest absolute Gasteiger partial charge is 0.368 e. The predicted octanol–water partition coefficient (Wildman–Crippen LogP) is 4.12. The molecule has 3 heteroatoms. The number of hydrogen-bond acceptors (Lipinski definition) is 3. The van der Waals surface area contributed by atoms with Crippen molar-refractivity contribution in [2.75, 3.05) is 0 Å². The molecular weight excluding hydrogens is 242 g/mol. The van der Waals surface area contributed by atoms with E-state index in [4.69, 9.17) is 10.5 Å². The summed E-state index contributed by atoms with van der Waals surface area (Å²) >= 11 is 1.72. The number of nitrogens with two attached hydrogens (primary N) is 1. The summed E-state index contributed by atoms with van der Waals surface area (Å²) in [5.41, 5.74) is 7.36. The van der Waals surface area contributed by atoms with Crippen LogP contribution in [0.2, 0.25) is 0 Å². The molecule has 2 rings (SSSR count). The molecule has 0 aromatic carbocycles. The molecule has 0 aliphatic heterocycles. The van der Waals surface area contributed by atoms with Gasteiger partial charge in [-0.25, -0.2) is 0 Å². The molecule has 0 amide bonds. The summed E-state index contributed by atoms with van der Waals surface area (Å²) in [5, 5.41) is 4.27. The van der Waals surface area contributed by atoms with Crippen LogP contribution in [0.15, 0.2) is 16.8 Å². The van der Waals surface area contributed by atoms with Crippen LogP contribution in [0.4, 0.5) is 0 Å². The fourth-order valence-electron chi connectivity index (χ4n) is 2.95. The average molecular weight is 267 g/mol. The Labute approximate surface area is 115 Å². The van der Waals surface area contributed by atoms with Crippen LogP contribution in [0.1, 0.15) is 57.6 Å². The number of hydrogen-bond donors (Lipinski definition) is 1. The molecule has 4 atom stereocenters.